The normalized spacial score (nSPS) is 16.8. The molecular weight excluding hydrogens is 281 g/mol. The van der Waals surface area contributed by atoms with E-state index in [1.807, 2.05) is 12.1 Å². The lowest BCUT2D eigenvalue weighted by Gasteiger charge is -2.24. The topological polar surface area (TPSA) is 50.1 Å². The van der Waals surface area contributed by atoms with Gasteiger partial charge in [0, 0.05) is 11.5 Å². The molecule has 1 aliphatic rings. The van der Waals surface area contributed by atoms with Gasteiger partial charge in [-0.25, -0.2) is 4.39 Å². The zero-order chi connectivity index (χ0) is 15.7. The van der Waals surface area contributed by atoms with Crippen molar-refractivity contribution in [2.45, 2.75) is 18.8 Å². The monoisotopic (exact) mass is 295 g/mol. The molecule has 2 aromatic rings. The number of benzene rings is 2. The number of ether oxygens (including phenoxy) is 1. The molecule has 0 aliphatic heterocycles. The first-order valence-corrected chi connectivity index (χ1v) is 7.05. The highest BCUT2D eigenvalue weighted by atomic mass is 19.1. The lowest BCUT2D eigenvalue weighted by Crippen LogP contribution is -2.22. The van der Waals surface area contributed by atoms with E-state index in [0.717, 1.165) is 5.56 Å². The summed E-state index contributed by atoms with van der Waals surface area (Å²) in [5, 5.41) is 9.16. The van der Waals surface area contributed by atoms with Crippen molar-refractivity contribution in [1.82, 2.24) is 0 Å². The SMILES string of the molecule is COc1ccc2c(c1)CCC(c1cccc(F)c1C#N)C2=O. The molecule has 0 heterocycles. The van der Waals surface area contributed by atoms with Gasteiger partial charge in [0.15, 0.2) is 5.78 Å². The van der Waals surface area contributed by atoms with Crippen molar-refractivity contribution < 1.29 is 13.9 Å². The average Bonchev–Trinajstić information content (AvgIpc) is 2.54. The number of ketones is 1. The second kappa shape index (κ2) is 5.61. The number of halogens is 1. The summed E-state index contributed by atoms with van der Waals surface area (Å²) in [7, 11) is 1.58. The molecule has 0 radical (unpaired) electrons. The minimum Gasteiger partial charge on any atom is -0.497 e. The molecule has 4 heteroatoms. The van der Waals surface area contributed by atoms with E-state index in [9.17, 15) is 9.18 Å². The van der Waals surface area contributed by atoms with Crippen LogP contribution in [0.2, 0.25) is 0 Å². The highest BCUT2D eigenvalue weighted by molar-refractivity contribution is 6.03. The van der Waals surface area contributed by atoms with Crippen LogP contribution in [0.5, 0.6) is 5.75 Å². The van der Waals surface area contributed by atoms with Gasteiger partial charge < -0.3 is 4.74 Å². The number of Topliss-reactive ketones (excluding diaryl/α,β-unsaturated/α-hetero) is 1. The molecule has 110 valence electrons. The fraction of sp³-hybridized carbons (Fsp3) is 0.222. The lowest BCUT2D eigenvalue weighted by atomic mass is 9.78. The smallest absolute Gasteiger partial charge is 0.170 e. The number of aryl methyl sites for hydroxylation is 1. The molecule has 22 heavy (non-hydrogen) atoms. The van der Waals surface area contributed by atoms with Crippen molar-refractivity contribution in [2.24, 2.45) is 0 Å². The Hall–Kier alpha value is -2.67. The largest absolute Gasteiger partial charge is 0.497 e. The van der Waals surface area contributed by atoms with Crippen LogP contribution in [0.3, 0.4) is 0 Å². The number of nitrogens with zero attached hydrogens (tertiary/aromatic N) is 1. The van der Waals surface area contributed by atoms with Crippen LogP contribution in [0, 0.1) is 17.1 Å². The van der Waals surface area contributed by atoms with Crippen molar-refractivity contribution in [3.63, 3.8) is 0 Å². The molecule has 0 amide bonds. The van der Waals surface area contributed by atoms with E-state index in [4.69, 9.17) is 10.00 Å². The van der Waals surface area contributed by atoms with Crippen LogP contribution in [0.15, 0.2) is 36.4 Å². The molecule has 0 saturated heterocycles. The van der Waals surface area contributed by atoms with Gasteiger partial charge in [0.25, 0.3) is 0 Å². The third kappa shape index (κ3) is 2.25. The minimum atomic E-state index is -0.576. The Morgan fingerprint density at radius 3 is 2.86 bits per heavy atom. The van der Waals surface area contributed by atoms with E-state index >= 15 is 0 Å². The molecule has 1 aliphatic carbocycles. The van der Waals surface area contributed by atoms with Crippen LogP contribution in [0.25, 0.3) is 0 Å². The zero-order valence-corrected chi connectivity index (χ0v) is 12.1. The average molecular weight is 295 g/mol. The third-order valence-corrected chi connectivity index (χ3v) is 4.13. The first kappa shape index (κ1) is 14.3. The Morgan fingerprint density at radius 2 is 2.14 bits per heavy atom. The quantitative estimate of drug-likeness (QED) is 0.850. The number of rotatable bonds is 2. The molecule has 0 saturated carbocycles. The van der Waals surface area contributed by atoms with Gasteiger partial charge in [0.2, 0.25) is 0 Å². The molecule has 1 atom stereocenters. The summed E-state index contributed by atoms with van der Waals surface area (Å²) in [6, 6.07) is 11.7. The molecule has 0 aromatic heterocycles. The van der Waals surface area contributed by atoms with Crippen LogP contribution >= 0.6 is 0 Å². The first-order chi connectivity index (χ1) is 10.7. The van der Waals surface area contributed by atoms with Crippen molar-refractivity contribution >= 4 is 5.78 Å². The summed E-state index contributed by atoms with van der Waals surface area (Å²) >= 11 is 0. The van der Waals surface area contributed by atoms with Gasteiger partial charge in [-0.15, -0.1) is 0 Å². The first-order valence-electron chi connectivity index (χ1n) is 7.05. The molecule has 1 unspecified atom stereocenters. The molecule has 2 aromatic carbocycles. The van der Waals surface area contributed by atoms with Gasteiger partial charge in [-0.1, -0.05) is 12.1 Å². The highest BCUT2D eigenvalue weighted by Crippen LogP contribution is 2.36. The second-order valence-electron chi connectivity index (χ2n) is 5.29. The van der Waals surface area contributed by atoms with Crippen LogP contribution in [-0.2, 0) is 6.42 Å². The van der Waals surface area contributed by atoms with Gasteiger partial charge >= 0.3 is 0 Å². The van der Waals surface area contributed by atoms with E-state index in [0.29, 0.717) is 29.7 Å². The van der Waals surface area contributed by atoms with Crippen molar-refractivity contribution in [1.29, 1.82) is 5.26 Å². The van der Waals surface area contributed by atoms with E-state index < -0.39 is 11.7 Å². The lowest BCUT2D eigenvalue weighted by molar-refractivity contribution is 0.0946. The van der Waals surface area contributed by atoms with Crippen LogP contribution in [0.1, 0.15) is 39.4 Å². The number of carbonyl (C=O) groups excluding carboxylic acids is 1. The summed E-state index contributed by atoms with van der Waals surface area (Å²) < 4.78 is 19.0. The predicted octanol–water partition coefficient (Wildman–Crippen LogP) is 3.62. The standard InChI is InChI=1S/C18H14FNO2/c1-22-12-6-8-13-11(9-12)5-7-15(18(13)21)14-3-2-4-17(19)16(14)10-20/h2-4,6,8-9,15H,5,7H2,1H3. The minimum absolute atomic E-state index is 0.0298. The van der Waals surface area contributed by atoms with E-state index in [-0.39, 0.29) is 11.3 Å². The van der Waals surface area contributed by atoms with E-state index in [2.05, 4.69) is 0 Å². The maximum absolute atomic E-state index is 13.8. The van der Waals surface area contributed by atoms with Crippen LogP contribution in [-0.4, -0.2) is 12.9 Å². The molecular formula is C18H14FNO2. The molecule has 0 N–H and O–H groups in total. The van der Waals surface area contributed by atoms with Crippen LogP contribution in [0.4, 0.5) is 4.39 Å². The predicted molar refractivity (Wildman–Crippen MR) is 79.5 cm³/mol. The second-order valence-corrected chi connectivity index (χ2v) is 5.29. The molecule has 0 bridgehead atoms. The number of nitriles is 1. The number of methoxy groups -OCH3 is 1. The summed E-state index contributed by atoms with van der Waals surface area (Å²) in [6.45, 7) is 0. The number of hydrogen-bond acceptors (Lipinski definition) is 3. The maximum Gasteiger partial charge on any atom is 0.170 e. The van der Waals surface area contributed by atoms with E-state index in [1.54, 1.807) is 31.4 Å². The third-order valence-electron chi connectivity index (χ3n) is 4.13. The van der Waals surface area contributed by atoms with Crippen LogP contribution < -0.4 is 4.74 Å². The Kier molecular flexibility index (Phi) is 3.64. The summed E-state index contributed by atoms with van der Waals surface area (Å²) in [5.41, 5.74) is 2.02. The Balaban J connectivity index is 2.04. The van der Waals surface area contributed by atoms with E-state index in [1.165, 1.54) is 6.07 Å². The van der Waals surface area contributed by atoms with Crippen molar-refractivity contribution in [3.8, 4) is 11.8 Å². The molecule has 3 nitrogen and oxygen atoms in total. The fourth-order valence-corrected chi connectivity index (χ4v) is 3.01. The highest BCUT2D eigenvalue weighted by Gasteiger charge is 2.31. The summed E-state index contributed by atoms with van der Waals surface area (Å²) in [4.78, 5) is 12.7. The van der Waals surface area contributed by atoms with Gasteiger partial charge in [-0.3, -0.25) is 4.79 Å². The number of fused-ring (bicyclic) bond motifs is 1. The van der Waals surface area contributed by atoms with Gasteiger partial charge in [-0.05, 0) is 48.2 Å². The van der Waals surface area contributed by atoms with Gasteiger partial charge in [0.1, 0.15) is 17.6 Å². The van der Waals surface area contributed by atoms with Crippen molar-refractivity contribution in [3.05, 3.63) is 64.5 Å². The summed E-state index contributed by atoms with van der Waals surface area (Å²) in [6.07, 6.45) is 1.27. The van der Waals surface area contributed by atoms with Gasteiger partial charge in [-0.2, -0.15) is 5.26 Å². The molecule has 0 spiro atoms. The molecule has 0 fully saturated rings. The molecule has 3 rings (SSSR count). The van der Waals surface area contributed by atoms with Gasteiger partial charge in [0.05, 0.1) is 12.7 Å². The number of carbonyl (C=O) groups is 1. The zero-order valence-electron chi connectivity index (χ0n) is 12.1. The Labute approximate surface area is 128 Å². The summed E-state index contributed by atoms with van der Waals surface area (Å²) in [5.74, 6) is -0.390. The van der Waals surface area contributed by atoms with Crippen molar-refractivity contribution in [2.75, 3.05) is 7.11 Å². The fourth-order valence-electron chi connectivity index (χ4n) is 3.01. The maximum atomic E-state index is 13.8. The number of hydrogen-bond donors (Lipinski definition) is 0. The Morgan fingerprint density at radius 1 is 1.32 bits per heavy atom. The Bertz CT molecular complexity index is 792.